The Morgan fingerprint density at radius 2 is 1.97 bits per heavy atom. The van der Waals surface area contributed by atoms with E-state index in [0.29, 0.717) is 41.9 Å². The van der Waals surface area contributed by atoms with Gasteiger partial charge in [0.25, 0.3) is 5.91 Å². The maximum Gasteiger partial charge on any atom is 0.267 e. The zero-order chi connectivity index (χ0) is 21.8. The molecule has 0 aliphatic carbocycles. The van der Waals surface area contributed by atoms with Gasteiger partial charge in [-0.25, -0.2) is 14.1 Å². The lowest BCUT2D eigenvalue weighted by Gasteiger charge is -2.30. The van der Waals surface area contributed by atoms with Gasteiger partial charge in [-0.2, -0.15) is 5.10 Å². The second-order valence-electron chi connectivity index (χ2n) is 8.37. The summed E-state index contributed by atoms with van der Waals surface area (Å²) in [5.41, 5.74) is 1.74. The van der Waals surface area contributed by atoms with Gasteiger partial charge >= 0.3 is 0 Å². The molecule has 0 spiro atoms. The number of aromatic nitrogens is 3. The summed E-state index contributed by atoms with van der Waals surface area (Å²) in [6, 6.07) is 9.82. The van der Waals surface area contributed by atoms with E-state index in [2.05, 4.69) is 10.3 Å². The quantitative estimate of drug-likeness (QED) is 0.702. The minimum atomic E-state index is -0.330. The summed E-state index contributed by atoms with van der Waals surface area (Å²) in [5.74, 6) is 1.20. The highest BCUT2D eigenvalue weighted by Crippen LogP contribution is 2.38. The molecule has 1 aromatic carbocycles. The molecule has 158 valence electrons. The van der Waals surface area contributed by atoms with E-state index in [9.17, 15) is 9.18 Å². The average molecular weight is 419 g/mol. The monoisotopic (exact) mass is 419 g/mol. The van der Waals surface area contributed by atoms with E-state index in [-0.39, 0.29) is 17.3 Å². The Labute approximate surface area is 179 Å². The molecule has 0 fully saturated rings. The Bertz CT molecular complexity index is 1180. The van der Waals surface area contributed by atoms with Crippen molar-refractivity contribution in [3.63, 3.8) is 0 Å². The summed E-state index contributed by atoms with van der Waals surface area (Å²) in [7, 11) is 1.72. The first-order valence-corrected chi connectivity index (χ1v) is 10.0. The molecule has 0 unspecified atom stereocenters. The number of amides is 1. The van der Waals surface area contributed by atoms with Gasteiger partial charge in [-0.15, -0.1) is 0 Å². The van der Waals surface area contributed by atoms with Crippen molar-refractivity contribution in [2.45, 2.75) is 25.9 Å². The minimum absolute atomic E-state index is 0.190. The number of hydrogen-bond donors (Lipinski definition) is 1. The van der Waals surface area contributed by atoms with Crippen molar-refractivity contribution < 1.29 is 9.18 Å². The Morgan fingerprint density at radius 1 is 1.19 bits per heavy atom. The van der Waals surface area contributed by atoms with Crippen LogP contribution in [0.3, 0.4) is 0 Å². The summed E-state index contributed by atoms with van der Waals surface area (Å²) in [6.07, 6.45) is 3.48. The van der Waals surface area contributed by atoms with Crippen LogP contribution in [-0.4, -0.2) is 50.7 Å². The summed E-state index contributed by atoms with van der Waals surface area (Å²) >= 11 is 0. The molecule has 0 bridgehead atoms. The van der Waals surface area contributed by atoms with Gasteiger partial charge in [-0.1, -0.05) is 6.07 Å². The first-order chi connectivity index (χ1) is 14.8. The zero-order valence-corrected chi connectivity index (χ0v) is 17.5. The van der Waals surface area contributed by atoms with E-state index < -0.39 is 0 Å². The van der Waals surface area contributed by atoms with Crippen molar-refractivity contribution >= 4 is 29.2 Å². The number of aliphatic imine (C=N–C) groups is 1. The highest BCUT2D eigenvalue weighted by molar-refractivity contribution is 6.20. The molecule has 5 rings (SSSR count). The first kappa shape index (κ1) is 19.2. The third-order valence-electron chi connectivity index (χ3n) is 5.36. The maximum atomic E-state index is 13.4. The third kappa shape index (κ3) is 3.31. The second kappa shape index (κ2) is 6.90. The molecule has 0 radical (unpaired) electrons. The number of nitrogens with one attached hydrogen (secondary N) is 1. The number of benzene rings is 1. The van der Waals surface area contributed by atoms with Gasteiger partial charge in [0.15, 0.2) is 5.82 Å². The lowest BCUT2D eigenvalue weighted by atomic mass is 10.1. The topological polar surface area (TPSA) is 78.7 Å². The number of nitrogens with zero attached hydrogens (tertiary/aromatic N) is 6. The number of pyridine rings is 1. The highest BCUT2D eigenvalue weighted by atomic mass is 19.1. The van der Waals surface area contributed by atoms with Crippen LogP contribution in [0.4, 0.5) is 21.7 Å². The Kier molecular flexibility index (Phi) is 4.28. The molecule has 3 aromatic rings. The number of halogens is 1. The number of hydrogen-bond acceptors (Lipinski definition) is 6. The molecular formula is C22H22FN7O. The molecule has 0 saturated heterocycles. The van der Waals surface area contributed by atoms with Gasteiger partial charge in [0.2, 0.25) is 5.96 Å². The molecule has 9 heteroatoms. The number of anilines is 3. The van der Waals surface area contributed by atoms with Crippen molar-refractivity contribution in [3.8, 4) is 0 Å². The smallest absolute Gasteiger partial charge is 0.267 e. The van der Waals surface area contributed by atoms with Crippen LogP contribution in [-0.2, 0) is 6.54 Å². The highest BCUT2D eigenvalue weighted by Gasteiger charge is 2.45. The number of rotatable bonds is 4. The van der Waals surface area contributed by atoms with Gasteiger partial charge < -0.3 is 5.32 Å². The van der Waals surface area contributed by atoms with Crippen molar-refractivity contribution in [2.24, 2.45) is 4.99 Å². The van der Waals surface area contributed by atoms with Gasteiger partial charge in [0.1, 0.15) is 17.2 Å². The van der Waals surface area contributed by atoms with Crippen molar-refractivity contribution in [1.82, 2.24) is 19.7 Å². The fourth-order valence-corrected chi connectivity index (χ4v) is 3.92. The predicted molar refractivity (Wildman–Crippen MR) is 116 cm³/mol. The molecule has 2 aliphatic rings. The van der Waals surface area contributed by atoms with E-state index in [1.165, 1.54) is 12.1 Å². The Hall–Kier alpha value is -3.75. The van der Waals surface area contributed by atoms with Crippen LogP contribution >= 0.6 is 0 Å². The van der Waals surface area contributed by atoms with Crippen LogP contribution in [0.2, 0.25) is 0 Å². The summed E-state index contributed by atoms with van der Waals surface area (Å²) in [4.78, 5) is 25.8. The molecule has 31 heavy (non-hydrogen) atoms. The third-order valence-corrected chi connectivity index (χ3v) is 5.36. The van der Waals surface area contributed by atoms with Crippen LogP contribution in [0, 0.1) is 5.82 Å². The summed E-state index contributed by atoms with van der Waals surface area (Å²) < 4.78 is 15.2. The van der Waals surface area contributed by atoms with Crippen molar-refractivity contribution in [3.05, 3.63) is 65.7 Å². The fraction of sp³-hybridized carbons (Fsp3) is 0.273. The average Bonchev–Trinajstić information content (AvgIpc) is 3.26. The Morgan fingerprint density at radius 3 is 2.68 bits per heavy atom. The van der Waals surface area contributed by atoms with Gasteiger partial charge in [-0.3, -0.25) is 19.6 Å². The predicted octanol–water partition coefficient (Wildman–Crippen LogP) is 3.25. The molecule has 0 atom stereocenters. The normalized spacial score (nSPS) is 16.8. The molecule has 0 saturated carbocycles. The maximum absolute atomic E-state index is 13.4. The number of guanidine groups is 1. The van der Waals surface area contributed by atoms with E-state index in [4.69, 9.17) is 10.1 Å². The summed E-state index contributed by atoms with van der Waals surface area (Å²) in [6.45, 7) is 5.10. The molecule has 4 heterocycles. The van der Waals surface area contributed by atoms with E-state index in [1.807, 2.05) is 30.9 Å². The van der Waals surface area contributed by atoms with Crippen LogP contribution in [0.25, 0.3) is 0 Å². The molecule has 2 aromatic heterocycles. The fourth-order valence-electron chi connectivity index (χ4n) is 3.92. The molecule has 8 nitrogen and oxygen atoms in total. The van der Waals surface area contributed by atoms with Crippen LogP contribution in [0.5, 0.6) is 0 Å². The van der Waals surface area contributed by atoms with Crippen LogP contribution < -0.4 is 10.2 Å². The standard InChI is InChI=1S/C22H22FN7O/c1-22(2)13-29-19-17(20(31)28(3)21(29)26-22)18(25-16-8-6-15(23)7-9-16)30(27-19)12-14-5-4-10-24-11-14/h4-11,25H,12-13H2,1-3H3. The lowest BCUT2D eigenvalue weighted by molar-refractivity contribution is 0.0866. The minimum Gasteiger partial charge on any atom is -0.340 e. The van der Waals surface area contributed by atoms with E-state index in [0.717, 1.165) is 5.56 Å². The number of fused-ring (bicyclic) bond motifs is 3. The zero-order valence-electron chi connectivity index (χ0n) is 17.5. The lowest BCUT2D eigenvalue weighted by Crippen LogP contribution is -2.48. The van der Waals surface area contributed by atoms with E-state index in [1.54, 1.807) is 41.2 Å². The summed E-state index contributed by atoms with van der Waals surface area (Å²) in [5, 5.41) is 8.08. The Balaban J connectivity index is 1.64. The van der Waals surface area contributed by atoms with Gasteiger partial charge in [0, 0.05) is 25.1 Å². The molecule has 1 amide bonds. The SMILES string of the molecule is CN1C(=O)c2c(nn(Cc3cccnc3)c2Nc2ccc(F)cc2)N2CC(C)(C)N=C12. The van der Waals surface area contributed by atoms with Crippen molar-refractivity contribution in [1.29, 1.82) is 0 Å². The van der Waals surface area contributed by atoms with E-state index >= 15 is 0 Å². The van der Waals surface area contributed by atoms with Gasteiger partial charge in [0.05, 0.1) is 18.6 Å². The molecule has 2 aliphatic heterocycles. The first-order valence-electron chi connectivity index (χ1n) is 10.0. The largest absolute Gasteiger partial charge is 0.340 e. The van der Waals surface area contributed by atoms with Crippen molar-refractivity contribution in [2.75, 3.05) is 23.8 Å². The van der Waals surface area contributed by atoms with Crippen LogP contribution in [0.15, 0.2) is 53.8 Å². The molecule has 1 N–H and O–H groups in total. The second-order valence-corrected chi connectivity index (χ2v) is 8.37. The number of carbonyl (C=O) groups excluding carboxylic acids is 1. The van der Waals surface area contributed by atoms with Crippen LogP contribution in [0.1, 0.15) is 29.8 Å². The van der Waals surface area contributed by atoms with Gasteiger partial charge in [-0.05, 0) is 49.7 Å². The molecular weight excluding hydrogens is 397 g/mol. The number of carbonyl (C=O) groups is 1.